The van der Waals surface area contributed by atoms with E-state index in [9.17, 15) is 24.6 Å². The highest BCUT2D eigenvalue weighted by molar-refractivity contribution is 7.17. The maximum absolute atomic E-state index is 14.0. The Kier molecular flexibility index (Phi) is 7.00. The smallest absolute Gasteiger partial charge is 0.338 e. The van der Waals surface area contributed by atoms with Crippen LogP contribution in [0, 0.1) is 6.92 Å². The number of aromatic hydroxyl groups is 1. The number of phenols is 1. The monoisotopic (exact) mass is 540 g/mol. The first-order valence-corrected chi connectivity index (χ1v) is 13.0. The van der Waals surface area contributed by atoms with Gasteiger partial charge in [-0.25, -0.2) is 9.78 Å². The molecule has 0 radical (unpaired) electrons. The van der Waals surface area contributed by atoms with E-state index in [1.165, 1.54) is 40.5 Å². The number of thiazole rings is 1. The van der Waals surface area contributed by atoms with Crippen molar-refractivity contribution < 1.29 is 29.3 Å². The number of aromatic nitrogens is 1. The molecule has 1 amide bonds. The van der Waals surface area contributed by atoms with E-state index in [-0.39, 0.29) is 17.9 Å². The van der Waals surface area contributed by atoms with Crippen LogP contribution in [0.15, 0.2) is 90.2 Å². The average molecular weight is 541 g/mol. The minimum Gasteiger partial charge on any atom is -0.508 e. The molecule has 2 heterocycles. The molecule has 0 saturated carbocycles. The van der Waals surface area contributed by atoms with E-state index in [0.29, 0.717) is 32.4 Å². The SMILES string of the molecule is CCOC(=O)c1ccc(N2C(=O)C(O)=C(C(=O)c3sc(-c4ccccc4)nc3C)C2c2ccc(O)cc2)cc1. The van der Waals surface area contributed by atoms with Gasteiger partial charge in [0.25, 0.3) is 5.91 Å². The summed E-state index contributed by atoms with van der Waals surface area (Å²) in [6.45, 7) is 3.64. The molecule has 0 aliphatic carbocycles. The van der Waals surface area contributed by atoms with Gasteiger partial charge < -0.3 is 14.9 Å². The van der Waals surface area contributed by atoms with Crippen molar-refractivity contribution in [3.05, 3.63) is 112 Å². The fourth-order valence-electron chi connectivity index (χ4n) is 4.48. The summed E-state index contributed by atoms with van der Waals surface area (Å²) >= 11 is 1.19. The molecule has 3 aromatic carbocycles. The molecule has 8 nitrogen and oxygen atoms in total. The third-order valence-corrected chi connectivity index (χ3v) is 7.55. The minimum absolute atomic E-state index is 0.0142. The Morgan fingerprint density at radius 3 is 2.28 bits per heavy atom. The summed E-state index contributed by atoms with van der Waals surface area (Å²) in [5.41, 5.74) is 2.42. The molecule has 5 rings (SSSR count). The molecule has 196 valence electrons. The third kappa shape index (κ3) is 4.80. The molecule has 9 heteroatoms. The van der Waals surface area contributed by atoms with Crippen molar-refractivity contribution in [2.75, 3.05) is 11.5 Å². The van der Waals surface area contributed by atoms with Crippen LogP contribution < -0.4 is 4.90 Å². The molecule has 4 aromatic rings. The van der Waals surface area contributed by atoms with Crippen molar-refractivity contribution in [2.24, 2.45) is 0 Å². The summed E-state index contributed by atoms with van der Waals surface area (Å²) in [7, 11) is 0. The number of ketones is 1. The first kappa shape index (κ1) is 25.9. The molecule has 1 aliphatic heterocycles. The zero-order chi connectivity index (χ0) is 27.7. The Morgan fingerprint density at radius 1 is 0.974 bits per heavy atom. The second kappa shape index (κ2) is 10.5. The number of aliphatic hydroxyl groups excluding tert-OH is 1. The maximum atomic E-state index is 14.0. The van der Waals surface area contributed by atoms with Crippen LogP contribution in [-0.2, 0) is 9.53 Å². The number of carbonyl (C=O) groups excluding carboxylic acids is 3. The number of Topliss-reactive ketones (excluding diaryl/α,β-unsaturated/α-hetero) is 1. The van der Waals surface area contributed by atoms with Crippen molar-refractivity contribution in [1.29, 1.82) is 0 Å². The second-order valence-electron chi connectivity index (χ2n) is 8.83. The van der Waals surface area contributed by atoms with Crippen LogP contribution >= 0.6 is 11.3 Å². The van der Waals surface area contributed by atoms with E-state index in [2.05, 4.69) is 4.98 Å². The summed E-state index contributed by atoms with van der Waals surface area (Å²) < 4.78 is 5.03. The molecular formula is C30H24N2O6S. The summed E-state index contributed by atoms with van der Waals surface area (Å²) in [6, 6.07) is 20.7. The Balaban J connectivity index is 1.58. The van der Waals surface area contributed by atoms with Gasteiger partial charge in [0.15, 0.2) is 5.76 Å². The lowest BCUT2D eigenvalue weighted by molar-refractivity contribution is -0.117. The van der Waals surface area contributed by atoms with Gasteiger partial charge in [0.1, 0.15) is 10.8 Å². The highest BCUT2D eigenvalue weighted by atomic mass is 32.1. The summed E-state index contributed by atoms with van der Waals surface area (Å²) in [5, 5.41) is 21.6. The van der Waals surface area contributed by atoms with Crippen molar-refractivity contribution in [2.45, 2.75) is 19.9 Å². The number of ether oxygens (including phenoxy) is 1. The number of phenolic OH excluding ortho intramolecular Hbond substituents is 1. The fraction of sp³-hybridized carbons (Fsp3) is 0.133. The number of rotatable bonds is 7. The van der Waals surface area contributed by atoms with Crippen molar-refractivity contribution >= 4 is 34.7 Å². The molecule has 1 atom stereocenters. The van der Waals surface area contributed by atoms with Gasteiger partial charge in [-0.05, 0) is 55.8 Å². The number of hydrogen-bond donors (Lipinski definition) is 2. The Morgan fingerprint density at radius 2 is 1.64 bits per heavy atom. The number of carbonyl (C=O) groups is 3. The molecule has 2 N–H and O–H groups in total. The normalized spacial score (nSPS) is 15.1. The highest BCUT2D eigenvalue weighted by Gasteiger charge is 2.45. The van der Waals surface area contributed by atoms with Crippen molar-refractivity contribution in [3.63, 3.8) is 0 Å². The van der Waals surface area contributed by atoms with E-state index in [1.807, 2.05) is 30.3 Å². The predicted octanol–water partition coefficient (Wildman–Crippen LogP) is 5.78. The van der Waals surface area contributed by atoms with E-state index in [4.69, 9.17) is 4.74 Å². The fourth-order valence-corrected chi connectivity index (χ4v) is 5.51. The van der Waals surface area contributed by atoms with E-state index in [1.54, 1.807) is 38.1 Å². The van der Waals surface area contributed by atoms with Crippen LogP contribution in [-0.4, -0.2) is 39.5 Å². The number of esters is 1. The minimum atomic E-state index is -0.985. The molecule has 1 unspecified atom stereocenters. The van der Waals surface area contributed by atoms with Crippen LogP contribution in [0.5, 0.6) is 5.75 Å². The number of benzene rings is 3. The van der Waals surface area contributed by atoms with E-state index >= 15 is 0 Å². The molecular weight excluding hydrogens is 516 g/mol. The zero-order valence-corrected chi connectivity index (χ0v) is 21.9. The highest BCUT2D eigenvalue weighted by Crippen LogP contribution is 2.43. The Bertz CT molecular complexity index is 1590. The van der Waals surface area contributed by atoms with Crippen LogP contribution in [0.4, 0.5) is 5.69 Å². The third-order valence-electron chi connectivity index (χ3n) is 6.34. The summed E-state index contributed by atoms with van der Waals surface area (Å²) in [5.74, 6) is -2.42. The molecule has 1 aliphatic rings. The number of aliphatic hydroxyl groups is 1. The standard InChI is InChI=1S/C30H24N2O6S/c1-3-38-30(37)20-9-13-21(14-10-20)32-24(18-11-15-22(33)16-12-18)23(26(35)29(32)36)25(34)27-17(2)31-28(39-27)19-7-5-4-6-8-19/h4-16,24,33,35H,3H2,1-2H3. The van der Waals surface area contributed by atoms with Gasteiger partial charge in [-0.15, -0.1) is 11.3 Å². The summed E-state index contributed by atoms with van der Waals surface area (Å²) in [4.78, 5) is 45.7. The van der Waals surface area contributed by atoms with Crippen molar-refractivity contribution in [1.82, 2.24) is 4.98 Å². The first-order valence-electron chi connectivity index (χ1n) is 12.2. The van der Waals surface area contributed by atoms with E-state index in [0.717, 1.165) is 5.56 Å². The maximum Gasteiger partial charge on any atom is 0.338 e. The lowest BCUT2D eigenvalue weighted by atomic mass is 9.94. The quantitative estimate of drug-likeness (QED) is 0.225. The number of hydrogen-bond acceptors (Lipinski definition) is 8. The Hall–Kier alpha value is -4.76. The number of anilines is 1. The van der Waals surface area contributed by atoms with Crippen molar-refractivity contribution in [3.8, 4) is 16.3 Å². The number of aryl methyl sites for hydroxylation is 1. The van der Waals surface area contributed by atoms with E-state index < -0.39 is 29.5 Å². The van der Waals surface area contributed by atoms with Gasteiger partial charge in [0, 0.05) is 11.3 Å². The largest absolute Gasteiger partial charge is 0.508 e. The second-order valence-corrected chi connectivity index (χ2v) is 9.83. The van der Waals surface area contributed by atoms with Crippen LogP contribution in [0.2, 0.25) is 0 Å². The lowest BCUT2D eigenvalue weighted by Crippen LogP contribution is -2.31. The molecule has 0 fully saturated rings. The van der Waals surface area contributed by atoms with Gasteiger partial charge in [0.05, 0.1) is 34.4 Å². The predicted molar refractivity (Wildman–Crippen MR) is 147 cm³/mol. The van der Waals surface area contributed by atoms with Gasteiger partial charge in [-0.2, -0.15) is 0 Å². The molecule has 0 spiro atoms. The molecule has 0 bridgehead atoms. The van der Waals surface area contributed by atoms with Gasteiger partial charge >= 0.3 is 5.97 Å². The first-order chi connectivity index (χ1) is 18.8. The van der Waals surface area contributed by atoms with Gasteiger partial charge in [0.2, 0.25) is 5.78 Å². The number of nitrogens with zero attached hydrogens (tertiary/aromatic N) is 2. The zero-order valence-electron chi connectivity index (χ0n) is 21.1. The van der Waals surface area contributed by atoms with Crippen LogP contribution in [0.25, 0.3) is 10.6 Å². The molecule has 1 aromatic heterocycles. The molecule has 0 saturated heterocycles. The molecule has 39 heavy (non-hydrogen) atoms. The summed E-state index contributed by atoms with van der Waals surface area (Å²) in [6.07, 6.45) is 0. The van der Waals surface area contributed by atoms with Gasteiger partial charge in [-0.1, -0.05) is 42.5 Å². The lowest BCUT2D eigenvalue weighted by Gasteiger charge is -2.27. The Labute approximate surface area is 228 Å². The topological polar surface area (TPSA) is 117 Å². The number of amides is 1. The van der Waals surface area contributed by atoms with Crippen LogP contribution in [0.3, 0.4) is 0 Å². The van der Waals surface area contributed by atoms with Gasteiger partial charge in [-0.3, -0.25) is 14.5 Å². The average Bonchev–Trinajstić information content (AvgIpc) is 3.46. The van der Waals surface area contributed by atoms with Crippen LogP contribution in [0.1, 0.15) is 44.3 Å².